The van der Waals surface area contributed by atoms with E-state index in [0.29, 0.717) is 9.75 Å². The van der Waals surface area contributed by atoms with Crippen molar-refractivity contribution < 1.29 is 19.8 Å². The fraction of sp³-hybridized carbons (Fsp3) is 0. The number of hydrogen-bond acceptors (Lipinski definition) is 4. The van der Waals surface area contributed by atoms with Crippen LogP contribution >= 0.6 is 22.7 Å². The van der Waals surface area contributed by atoms with Gasteiger partial charge in [-0.05, 0) is 22.9 Å². The summed E-state index contributed by atoms with van der Waals surface area (Å²) in [6, 6.07) is 6.59. The van der Waals surface area contributed by atoms with Crippen molar-refractivity contribution in [2.45, 2.75) is 0 Å². The van der Waals surface area contributed by atoms with Crippen LogP contribution in [0.15, 0.2) is 35.0 Å². The maximum atomic E-state index is 10.1. The summed E-state index contributed by atoms with van der Waals surface area (Å²) in [4.78, 5) is 20.9. The SMILES string of the molecule is O=C(O)c1cccs1.O=C(O)c1cccs1. The molecule has 2 rings (SSSR count). The molecule has 2 N–H and O–H groups in total. The molecule has 0 bridgehead atoms. The summed E-state index contributed by atoms with van der Waals surface area (Å²) in [5, 5.41) is 20.0. The Kier molecular flexibility index (Phi) is 4.68. The number of thiophene rings is 2. The summed E-state index contributed by atoms with van der Waals surface area (Å²) in [7, 11) is 0. The monoisotopic (exact) mass is 256 g/mol. The Labute approximate surface area is 99.4 Å². The lowest BCUT2D eigenvalue weighted by Crippen LogP contribution is -1.89. The van der Waals surface area contributed by atoms with Gasteiger partial charge in [-0.2, -0.15) is 0 Å². The maximum absolute atomic E-state index is 10.1. The Bertz CT molecular complexity index is 401. The van der Waals surface area contributed by atoms with Crippen molar-refractivity contribution in [2.75, 3.05) is 0 Å². The normalized spacial score (nSPS) is 9.00. The van der Waals surface area contributed by atoms with Gasteiger partial charge in [0.25, 0.3) is 0 Å². The quantitative estimate of drug-likeness (QED) is 0.866. The third kappa shape index (κ3) is 3.84. The highest BCUT2D eigenvalue weighted by atomic mass is 32.1. The number of carboxylic acid groups (broad SMARTS) is 2. The highest BCUT2D eigenvalue weighted by Gasteiger charge is 1.99. The van der Waals surface area contributed by atoms with Crippen LogP contribution in [-0.4, -0.2) is 22.2 Å². The molecular weight excluding hydrogens is 248 g/mol. The zero-order valence-corrected chi connectivity index (χ0v) is 9.62. The van der Waals surface area contributed by atoms with Gasteiger partial charge in [-0.15, -0.1) is 22.7 Å². The first-order chi connectivity index (χ1) is 7.61. The van der Waals surface area contributed by atoms with E-state index in [0.717, 1.165) is 0 Å². The zero-order chi connectivity index (χ0) is 12.0. The fourth-order valence-electron chi connectivity index (χ4n) is 0.800. The van der Waals surface area contributed by atoms with Crippen LogP contribution in [0.1, 0.15) is 19.3 Å². The number of hydrogen-bond donors (Lipinski definition) is 2. The third-order valence-corrected chi connectivity index (χ3v) is 3.18. The molecule has 0 atom stereocenters. The molecule has 0 fully saturated rings. The van der Waals surface area contributed by atoms with Gasteiger partial charge in [0.2, 0.25) is 0 Å². The number of aromatic carboxylic acids is 2. The highest BCUT2D eigenvalue weighted by Crippen LogP contribution is 2.07. The first-order valence-corrected chi connectivity index (χ1v) is 5.91. The zero-order valence-electron chi connectivity index (χ0n) is 7.99. The summed E-state index contributed by atoms with van der Waals surface area (Å²) in [6.45, 7) is 0. The number of carboxylic acids is 2. The molecule has 6 heteroatoms. The van der Waals surface area contributed by atoms with Gasteiger partial charge >= 0.3 is 11.9 Å². The molecule has 16 heavy (non-hydrogen) atoms. The van der Waals surface area contributed by atoms with Gasteiger partial charge in [0.05, 0.1) is 0 Å². The average molecular weight is 256 g/mol. The van der Waals surface area contributed by atoms with Crippen molar-refractivity contribution in [3.05, 3.63) is 44.8 Å². The first-order valence-electron chi connectivity index (χ1n) is 4.15. The van der Waals surface area contributed by atoms with Crippen LogP contribution in [0, 0.1) is 0 Å². The lowest BCUT2D eigenvalue weighted by atomic mass is 10.5. The van der Waals surface area contributed by atoms with Gasteiger partial charge in [0, 0.05) is 0 Å². The van der Waals surface area contributed by atoms with E-state index in [1.807, 2.05) is 0 Å². The fourth-order valence-corrected chi connectivity index (χ4v) is 1.92. The first kappa shape index (κ1) is 12.4. The van der Waals surface area contributed by atoms with E-state index in [9.17, 15) is 9.59 Å². The lowest BCUT2D eigenvalue weighted by Gasteiger charge is -1.78. The second kappa shape index (κ2) is 6.04. The van der Waals surface area contributed by atoms with Gasteiger partial charge in [-0.25, -0.2) is 9.59 Å². The molecule has 0 saturated heterocycles. The van der Waals surface area contributed by atoms with Gasteiger partial charge in [-0.3, -0.25) is 0 Å². The van der Waals surface area contributed by atoms with Crippen LogP contribution in [0.4, 0.5) is 0 Å². The minimum Gasteiger partial charge on any atom is -0.477 e. The Hall–Kier alpha value is -1.66. The molecule has 84 valence electrons. The molecule has 0 aliphatic rings. The molecule has 0 amide bonds. The van der Waals surface area contributed by atoms with Gasteiger partial charge in [0.1, 0.15) is 9.75 Å². The minimum absolute atomic E-state index is 0.394. The largest absolute Gasteiger partial charge is 0.477 e. The molecule has 0 unspecified atom stereocenters. The predicted octanol–water partition coefficient (Wildman–Crippen LogP) is 2.89. The summed E-state index contributed by atoms with van der Waals surface area (Å²) >= 11 is 2.46. The van der Waals surface area contributed by atoms with E-state index in [1.165, 1.54) is 22.7 Å². The van der Waals surface area contributed by atoms with Crippen LogP contribution in [0.25, 0.3) is 0 Å². The number of rotatable bonds is 2. The van der Waals surface area contributed by atoms with Crippen LogP contribution in [0.3, 0.4) is 0 Å². The summed E-state index contributed by atoms with van der Waals surface area (Å²) < 4.78 is 0. The van der Waals surface area contributed by atoms with Crippen molar-refractivity contribution >= 4 is 34.6 Å². The predicted molar refractivity (Wildman–Crippen MR) is 62.6 cm³/mol. The average Bonchev–Trinajstić information content (AvgIpc) is 2.93. The molecule has 2 aromatic heterocycles. The maximum Gasteiger partial charge on any atom is 0.345 e. The van der Waals surface area contributed by atoms with Crippen molar-refractivity contribution in [3.63, 3.8) is 0 Å². The van der Waals surface area contributed by atoms with E-state index in [4.69, 9.17) is 10.2 Å². The van der Waals surface area contributed by atoms with Crippen molar-refractivity contribution in [1.82, 2.24) is 0 Å². The van der Waals surface area contributed by atoms with Crippen LogP contribution in [-0.2, 0) is 0 Å². The minimum atomic E-state index is -0.847. The van der Waals surface area contributed by atoms with Crippen LogP contribution in [0.2, 0.25) is 0 Å². The molecule has 2 aromatic rings. The lowest BCUT2D eigenvalue weighted by molar-refractivity contribution is 0.0691. The van der Waals surface area contributed by atoms with E-state index in [2.05, 4.69) is 0 Å². The molecule has 4 nitrogen and oxygen atoms in total. The molecular formula is C10H8O4S2. The second-order valence-corrected chi connectivity index (χ2v) is 4.46. The standard InChI is InChI=1S/2C5H4O2S/c2*6-5(7)4-2-1-3-8-4/h2*1-3H,(H,6,7). The van der Waals surface area contributed by atoms with Crippen LogP contribution in [0.5, 0.6) is 0 Å². The van der Waals surface area contributed by atoms with Crippen molar-refractivity contribution in [1.29, 1.82) is 0 Å². The molecule has 0 spiro atoms. The topological polar surface area (TPSA) is 74.6 Å². The Morgan fingerprint density at radius 1 is 0.875 bits per heavy atom. The van der Waals surface area contributed by atoms with Crippen LogP contribution < -0.4 is 0 Å². The second-order valence-electron chi connectivity index (χ2n) is 2.56. The summed E-state index contributed by atoms with van der Waals surface area (Å²) in [5.74, 6) is -1.69. The molecule has 0 aliphatic heterocycles. The molecule has 0 radical (unpaired) electrons. The summed E-state index contributed by atoms with van der Waals surface area (Å²) in [5.41, 5.74) is 0. The number of carbonyl (C=O) groups is 2. The van der Waals surface area contributed by atoms with E-state index in [1.54, 1.807) is 35.0 Å². The Morgan fingerprint density at radius 2 is 1.25 bits per heavy atom. The van der Waals surface area contributed by atoms with E-state index < -0.39 is 11.9 Å². The third-order valence-electron chi connectivity index (χ3n) is 1.46. The van der Waals surface area contributed by atoms with Crippen molar-refractivity contribution in [3.8, 4) is 0 Å². The van der Waals surface area contributed by atoms with Gasteiger partial charge < -0.3 is 10.2 Å². The molecule has 0 saturated carbocycles. The molecule has 2 heterocycles. The Morgan fingerprint density at radius 3 is 1.38 bits per heavy atom. The molecule has 0 aromatic carbocycles. The smallest absolute Gasteiger partial charge is 0.345 e. The van der Waals surface area contributed by atoms with Gasteiger partial charge in [0.15, 0.2) is 0 Å². The van der Waals surface area contributed by atoms with E-state index in [-0.39, 0.29) is 0 Å². The van der Waals surface area contributed by atoms with Gasteiger partial charge in [-0.1, -0.05) is 12.1 Å². The summed E-state index contributed by atoms with van der Waals surface area (Å²) in [6.07, 6.45) is 0. The van der Waals surface area contributed by atoms with Crippen molar-refractivity contribution in [2.24, 2.45) is 0 Å². The Balaban J connectivity index is 0.000000160. The molecule has 0 aliphatic carbocycles. The highest BCUT2D eigenvalue weighted by molar-refractivity contribution is 7.12. The van der Waals surface area contributed by atoms with E-state index >= 15 is 0 Å².